The van der Waals surface area contributed by atoms with E-state index in [0.29, 0.717) is 24.7 Å². The maximum absolute atomic E-state index is 13.5. The maximum Gasteiger partial charge on any atom is 0.260 e. The van der Waals surface area contributed by atoms with Gasteiger partial charge in [0.15, 0.2) is 5.13 Å². The van der Waals surface area contributed by atoms with Crippen molar-refractivity contribution in [2.75, 3.05) is 36.4 Å². The van der Waals surface area contributed by atoms with Gasteiger partial charge in [0.2, 0.25) is 5.95 Å². The number of thiazole rings is 1. The summed E-state index contributed by atoms with van der Waals surface area (Å²) in [7, 11) is 0. The first kappa shape index (κ1) is 26.2. The van der Waals surface area contributed by atoms with E-state index in [1.165, 1.54) is 23.5 Å². The van der Waals surface area contributed by atoms with Gasteiger partial charge in [-0.2, -0.15) is 0 Å². The number of hydrogen-bond donors (Lipinski definition) is 1. The number of nitrogens with one attached hydrogen (secondary N) is 1. The average Bonchev–Trinajstić information content (AvgIpc) is 3.64. The molecule has 1 amide bonds. The number of halogens is 1. The number of hydrogen-bond acceptors (Lipinski definition) is 6. The first-order valence-electron chi connectivity index (χ1n) is 13.6. The Hall–Kier alpha value is -4.08. The SMILES string of the molecule is O=C(c1ccccc1)N(CCN1CCC(Nc2nc3ccccc3n2Cc2ccc(F)cc2)CC1)c1nccs1. The second-order valence-corrected chi connectivity index (χ2v) is 10.9. The summed E-state index contributed by atoms with van der Waals surface area (Å²) in [6.07, 6.45) is 3.69. The molecule has 1 aliphatic rings. The number of piperidine rings is 1. The summed E-state index contributed by atoms with van der Waals surface area (Å²) < 4.78 is 15.6. The van der Waals surface area contributed by atoms with Gasteiger partial charge in [-0.15, -0.1) is 11.3 Å². The summed E-state index contributed by atoms with van der Waals surface area (Å²) in [6.45, 7) is 3.85. The van der Waals surface area contributed by atoms with Crippen molar-refractivity contribution >= 4 is 39.4 Å². The van der Waals surface area contributed by atoms with E-state index in [1.54, 1.807) is 11.1 Å². The van der Waals surface area contributed by atoms with E-state index in [0.717, 1.165) is 60.2 Å². The Bertz CT molecular complexity index is 1550. The number of amides is 1. The molecule has 3 aromatic carbocycles. The minimum Gasteiger partial charge on any atom is -0.353 e. The molecule has 5 aromatic rings. The van der Waals surface area contributed by atoms with Crippen LogP contribution in [-0.4, -0.2) is 57.6 Å². The molecule has 40 heavy (non-hydrogen) atoms. The monoisotopic (exact) mass is 554 g/mol. The number of carbonyl (C=O) groups is 1. The lowest BCUT2D eigenvalue weighted by Gasteiger charge is -2.33. The molecule has 2 aromatic heterocycles. The molecular formula is C31H31FN6OS. The van der Waals surface area contributed by atoms with Crippen molar-refractivity contribution in [2.45, 2.75) is 25.4 Å². The van der Waals surface area contributed by atoms with Crippen LogP contribution in [-0.2, 0) is 6.54 Å². The Balaban J connectivity index is 1.09. The fourth-order valence-corrected chi connectivity index (χ4v) is 5.88. The van der Waals surface area contributed by atoms with Gasteiger partial charge in [0.1, 0.15) is 5.82 Å². The molecule has 0 unspecified atom stereocenters. The van der Waals surface area contributed by atoms with Crippen LogP contribution in [0.1, 0.15) is 28.8 Å². The Labute approximate surface area is 236 Å². The average molecular weight is 555 g/mol. The molecule has 1 saturated heterocycles. The Morgan fingerprint density at radius 1 is 1.00 bits per heavy atom. The van der Waals surface area contributed by atoms with E-state index >= 15 is 0 Å². The van der Waals surface area contributed by atoms with Gasteiger partial charge in [-0.05, 0) is 54.8 Å². The van der Waals surface area contributed by atoms with E-state index in [9.17, 15) is 9.18 Å². The quantitative estimate of drug-likeness (QED) is 0.246. The smallest absolute Gasteiger partial charge is 0.260 e. The highest BCUT2D eigenvalue weighted by atomic mass is 32.1. The second kappa shape index (κ2) is 12.0. The fourth-order valence-electron chi connectivity index (χ4n) is 5.21. The molecule has 204 valence electrons. The van der Waals surface area contributed by atoms with Gasteiger partial charge in [0.05, 0.1) is 17.6 Å². The minimum absolute atomic E-state index is 0.0211. The van der Waals surface area contributed by atoms with Crippen LogP contribution in [0.25, 0.3) is 11.0 Å². The van der Waals surface area contributed by atoms with Crippen LogP contribution < -0.4 is 10.2 Å². The third-order valence-corrected chi connectivity index (χ3v) is 8.18. The highest BCUT2D eigenvalue weighted by Crippen LogP contribution is 2.25. The van der Waals surface area contributed by atoms with Gasteiger partial charge in [0, 0.05) is 49.4 Å². The van der Waals surface area contributed by atoms with Crippen LogP contribution in [0.2, 0.25) is 0 Å². The van der Waals surface area contributed by atoms with Crippen molar-refractivity contribution in [3.63, 3.8) is 0 Å². The molecule has 3 heterocycles. The molecule has 1 aliphatic heterocycles. The summed E-state index contributed by atoms with van der Waals surface area (Å²) in [5.74, 6) is 0.586. The largest absolute Gasteiger partial charge is 0.353 e. The number of fused-ring (bicyclic) bond motifs is 1. The van der Waals surface area contributed by atoms with Crippen LogP contribution in [0.4, 0.5) is 15.5 Å². The maximum atomic E-state index is 13.5. The standard InChI is InChI=1S/C31H31FN6OS/c32-25-12-10-23(11-13-25)22-38-28-9-5-4-8-27(28)35-30(38)34-26-14-17-36(18-15-26)19-20-37(31-33-16-21-40-31)29(39)24-6-2-1-3-7-24/h1-13,16,21,26H,14-15,17-20,22H2,(H,34,35). The van der Waals surface area contributed by atoms with E-state index in [4.69, 9.17) is 4.98 Å². The Morgan fingerprint density at radius 3 is 2.50 bits per heavy atom. The van der Waals surface area contributed by atoms with E-state index < -0.39 is 0 Å². The zero-order chi connectivity index (χ0) is 27.3. The Morgan fingerprint density at radius 2 is 1.75 bits per heavy atom. The molecular weight excluding hydrogens is 523 g/mol. The van der Waals surface area contributed by atoms with Crippen molar-refractivity contribution in [3.8, 4) is 0 Å². The van der Waals surface area contributed by atoms with Gasteiger partial charge in [-0.3, -0.25) is 9.69 Å². The molecule has 1 fully saturated rings. The predicted octanol–water partition coefficient (Wildman–Crippen LogP) is 5.90. The van der Waals surface area contributed by atoms with Crippen LogP contribution in [0.5, 0.6) is 0 Å². The predicted molar refractivity (Wildman–Crippen MR) is 159 cm³/mol. The van der Waals surface area contributed by atoms with E-state index in [2.05, 4.69) is 25.8 Å². The number of imidazole rings is 1. The fraction of sp³-hybridized carbons (Fsp3) is 0.258. The number of carbonyl (C=O) groups excluding carboxylic acids is 1. The Kier molecular flexibility index (Phi) is 7.83. The van der Waals surface area contributed by atoms with Gasteiger partial charge in [0.25, 0.3) is 5.91 Å². The van der Waals surface area contributed by atoms with Gasteiger partial charge in [-0.25, -0.2) is 14.4 Å². The van der Waals surface area contributed by atoms with Crippen LogP contribution in [0.15, 0.2) is 90.4 Å². The third kappa shape index (κ3) is 5.90. The van der Waals surface area contributed by atoms with E-state index in [-0.39, 0.29) is 11.7 Å². The lowest BCUT2D eigenvalue weighted by Crippen LogP contribution is -2.44. The molecule has 0 bridgehead atoms. The van der Waals surface area contributed by atoms with Crippen molar-refractivity contribution < 1.29 is 9.18 Å². The number of aromatic nitrogens is 3. The molecule has 0 aliphatic carbocycles. The van der Waals surface area contributed by atoms with Crippen LogP contribution in [0.3, 0.4) is 0 Å². The van der Waals surface area contributed by atoms with Crippen LogP contribution >= 0.6 is 11.3 Å². The summed E-state index contributed by atoms with van der Waals surface area (Å²) in [5, 5.41) is 6.33. The summed E-state index contributed by atoms with van der Waals surface area (Å²) in [5.41, 5.74) is 3.69. The molecule has 0 radical (unpaired) electrons. The van der Waals surface area contributed by atoms with Crippen molar-refractivity contribution in [3.05, 3.63) is 107 Å². The van der Waals surface area contributed by atoms with Gasteiger partial charge in [-0.1, -0.05) is 42.5 Å². The third-order valence-electron chi connectivity index (χ3n) is 7.39. The lowest BCUT2D eigenvalue weighted by atomic mass is 10.1. The van der Waals surface area contributed by atoms with Crippen molar-refractivity contribution in [1.29, 1.82) is 0 Å². The number of anilines is 2. The molecule has 7 nitrogen and oxygen atoms in total. The normalized spacial score (nSPS) is 14.4. The van der Waals surface area contributed by atoms with Crippen LogP contribution in [0, 0.1) is 5.82 Å². The zero-order valence-electron chi connectivity index (χ0n) is 22.1. The number of benzene rings is 3. The summed E-state index contributed by atoms with van der Waals surface area (Å²) in [4.78, 5) is 26.8. The number of rotatable bonds is 9. The first-order chi connectivity index (χ1) is 19.6. The first-order valence-corrected chi connectivity index (χ1v) is 14.5. The van der Waals surface area contributed by atoms with Gasteiger partial charge < -0.3 is 14.8 Å². The molecule has 0 atom stereocenters. The number of para-hydroxylation sites is 2. The zero-order valence-corrected chi connectivity index (χ0v) is 22.9. The lowest BCUT2D eigenvalue weighted by molar-refractivity contribution is 0.0982. The number of likely N-dealkylation sites (tertiary alicyclic amines) is 1. The highest BCUT2D eigenvalue weighted by Gasteiger charge is 2.24. The molecule has 1 N–H and O–H groups in total. The minimum atomic E-state index is -0.233. The molecule has 9 heteroatoms. The molecule has 6 rings (SSSR count). The van der Waals surface area contributed by atoms with Crippen molar-refractivity contribution in [2.24, 2.45) is 0 Å². The number of nitrogens with zero attached hydrogens (tertiary/aromatic N) is 5. The molecule has 0 spiro atoms. The molecule has 0 saturated carbocycles. The highest BCUT2D eigenvalue weighted by molar-refractivity contribution is 7.13. The summed E-state index contributed by atoms with van der Waals surface area (Å²) >= 11 is 1.48. The van der Waals surface area contributed by atoms with Gasteiger partial charge >= 0.3 is 0 Å². The second-order valence-electron chi connectivity index (χ2n) is 10.0. The summed E-state index contributed by atoms with van der Waals surface area (Å²) in [6, 6.07) is 24.4. The van der Waals surface area contributed by atoms with E-state index in [1.807, 2.05) is 66.0 Å². The topological polar surface area (TPSA) is 66.3 Å². The van der Waals surface area contributed by atoms with Crippen molar-refractivity contribution in [1.82, 2.24) is 19.4 Å².